The number of anilines is 1. The molecular formula is C42H49ClN4O12S2. The lowest BCUT2D eigenvalue weighted by atomic mass is 10.0. The van der Waals surface area contributed by atoms with Crippen molar-refractivity contribution in [3.8, 4) is 51.4 Å². The summed E-state index contributed by atoms with van der Waals surface area (Å²) in [5, 5.41) is 22.8. The van der Waals surface area contributed by atoms with E-state index < -0.39 is 17.7 Å². The summed E-state index contributed by atoms with van der Waals surface area (Å²) in [5.41, 5.74) is 7.02. The number of ether oxygens (including phenoxy) is 8. The fourth-order valence-corrected chi connectivity index (χ4v) is 7.08. The Balaban J connectivity index is 0.000000231. The minimum atomic E-state index is -1.03. The lowest BCUT2D eigenvalue weighted by Gasteiger charge is -2.22. The summed E-state index contributed by atoms with van der Waals surface area (Å²) < 4.78 is 45.4. The average molecular weight is 901 g/mol. The van der Waals surface area contributed by atoms with Gasteiger partial charge in [-0.2, -0.15) is 27.8 Å². The van der Waals surface area contributed by atoms with Gasteiger partial charge in [-0.25, -0.2) is 14.3 Å². The number of ketones is 1. The summed E-state index contributed by atoms with van der Waals surface area (Å²) in [6, 6.07) is 10.6. The molecule has 0 aliphatic carbocycles. The molecule has 61 heavy (non-hydrogen) atoms. The van der Waals surface area contributed by atoms with E-state index in [-0.39, 0.29) is 73.6 Å². The number of esters is 2. The van der Waals surface area contributed by atoms with Gasteiger partial charge in [-0.3, -0.25) is 10.6 Å². The van der Waals surface area contributed by atoms with Gasteiger partial charge in [0.1, 0.15) is 30.5 Å². The van der Waals surface area contributed by atoms with Crippen LogP contribution in [-0.4, -0.2) is 78.9 Å². The number of fused-ring (bicyclic) bond motifs is 4. The van der Waals surface area contributed by atoms with E-state index in [1.54, 1.807) is 54.4 Å². The Morgan fingerprint density at radius 2 is 1.41 bits per heavy atom. The number of carbonyl (C=O) groups is 3. The Morgan fingerprint density at radius 1 is 0.836 bits per heavy atom. The Kier molecular flexibility index (Phi) is 17.3. The number of halogens is 1. The molecule has 5 heterocycles. The van der Waals surface area contributed by atoms with Crippen molar-refractivity contribution in [1.29, 1.82) is 0 Å². The van der Waals surface area contributed by atoms with Crippen molar-refractivity contribution in [1.82, 2.24) is 9.78 Å². The van der Waals surface area contributed by atoms with Crippen LogP contribution in [0.5, 0.6) is 34.5 Å². The standard InChI is InChI=1S/C21H22N2O5S.C17H20O7.C4H6N2S.ClH/c1-5-26-21(24)19-15-10-27-16-9-17(25-4)18(28-12(2)3)8-14(16)20(15)23(22-19)13-6-7-29-11-13;1-5-22-17(20)16(19)11-8-23-12-7-13(21-4)14(24-9(2)3)6-10(12)15(11)18;5-6-4-1-2-7-3-4;/h6-9,11-12H,5,10H2,1-4H3;6-7,9,18H,5,8H2,1-4H3;1-3,6H,5H2;1H. The number of thiophene rings is 2. The van der Waals surface area contributed by atoms with Gasteiger partial charge in [0.15, 0.2) is 28.7 Å². The maximum absolute atomic E-state index is 12.5. The van der Waals surface area contributed by atoms with E-state index in [0.717, 1.165) is 22.6 Å². The maximum atomic E-state index is 12.5. The number of aliphatic hydroxyl groups excluding tert-OH is 1. The van der Waals surface area contributed by atoms with Crippen molar-refractivity contribution in [2.75, 3.05) is 39.5 Å². The number of carbonyl (C=O) groups excluding carboxylic acids is 3. The summed E-state index contributed by atoms with van der Waals surface area (Å²) in [5.74, 6) is 5.32. The normalized spacial score (nSPS) is 12.0. The molecule has 2 aromatic carbocycles. The second-order valence-corrected chi connectivity index (χ2v) is 14.8. The molecule has 328 valence electrons. The highest BCUT2D eigenvalue weighted by Crippen LogP contribution is 2.46. The average Bonchev–Trinajstić information content (AvgIpc) is 4.03. The molecule has 2 aliphatic heterocycles. The molecule has 0 unspecified atom stereocenters. The number of Topliss-reactive ketones (excluding diaryl/α,β-unsaturated/α-hetero) is 1. The molecule has 4 N–H and O–H groups in total. The highest BCUT2D eigenvalue weighted by atomic mass is 35.5. The molecule has 0 spiro atoms. The largest absolute Gasteiger partial charge is 0.507 e. The van der Waals surface area contributed by atoms with E-state index in [1.807, 2.05) is 73.5 Å². The number of hydrogen-bond acceptors (Lipinski definition) is 17. The van der Waals surface area contributed by atoms with Gasteiger partial charge in [0.25, 0.3) is 5.78 Å². The number of nitrogens with two attached hydrogens (primary N) is 1. The highest BCUT2D eigenvalue weighted by Gasteiger charge is 2.33. The third-order valence-electron chi connectivity index (χ3n) is 8.42. The molecule has 2 aliphatic rings. The van der Waals surface area contributed by atoms with E-state index in [1.165, 1.54) is 13.2 Å². The predicted octanol–water partition coefficient (Wildman–Crippen LogP) is 8.20. The number of hydrazine groups is 1. The Labute approximate surface area is 367 Å². The lowest BCUT2D eigenvalue weighted by Crippen LogP contribution is -2.26. The van der Waals surface area contributed by atoms with Crippen LogP contribution in [0.4, 0.5) is 5.69 Å². The molecule has 0 saturated carbocycles. The summed E-state index contributed by atoms with van der Waals surface area (Å²) in [6.45, 7) is 11.3. The van der Waals surface area contributed by atoms with Gasteiger partial charge in [0.05, 0.1) is 73.4 Å². The van der Waals surface area contributed by atoms with E-state index >= 15 is 0 Å². The molecule has 0 saturated heterocycles. The Hall–Kier alpha value is -5.95. The number of rotatable bonds is 13. The summed E-state index contributed by atoms with van der Waals surface area (Å²) >= 11 is 3.18. The number of aromatic nitrogens is 2. The minimum Gasteiger partial charge on any atom is -0.507 e. The molecule has 3 aromatic heterocycles. The quantitative estimate of drug-likeness (QED) is 0.0442. The second-order valence-electron chi connectivity index (χ2n) is 13.2. The zero-order chi connectivity index (χ0) is 43.5. The van der Waals surface area contributed by atoms with E-state index in [4.69, 9.17) is 39.0 Å². The molecule has 0 fully saturated rings. The zero-order valence-electron chi connectivity index (χ0n) is 34.9. The van der Waals surface area contributed by atoms with Crippen molar-refractivity contribution in [2.45, 2.75) is 60.4 Å². The molecule has 19 heteroatoms. The Bertz CT molecular complexity index is 2310. The first-order valence-electron chi connectivity index (χ1n) is 18.8. The smallest absolute Gasteiger partial charge is 0.379 e. The predicted molar refractivity (Wildman–Crippen MR) is 234 cm³/mol. The van der Waals surface area contributed by atoms with Crippen molar-refractivity contribution < 1.29 is 57.4 Å². The third kappa shape index (κ3) is 11.3. The van der Waals surface area contributed by atoms with Crippen molar-refractivity contribution in [2.24, 2.45) is 5.84 Å². The van der Waals surface area contributed by atoms with E-state index in [2.05, 4.69) is 15.3 Å². The van der Waals surface area contributed by atoms with Gasteiger partial charge in [0, 0.05) is 28.5 Å². The number of hydrogen-bond donors (Lipinski definition) is 3. The van der Waals surface area contributed by atoms with Crippen LogP contribution in [0.2, 0.25) is 0 Å². The van der Waals surface area contributed by atoms with Gasteiger partial charge in [0.2, 0.25) is 0 Å². The van der Waals surface area contributed by atoms with Crippen LogP contribution in [-0.2, 0) is 25.7 Å². The SMILES string of the molecule is CCOC(=O)C(=O)C1=C(O)c2cc(OC(C)C)c(OC)cc2OC1.CCOC(=O)c1nn(-c2ccsc2)c2c1COc1cc(OC)c(OC(C)C)cc1-2.Cl.NNc1ccsc1. The monoisotopic (exact) mass is 900 g/mol. The van der Waals surface area contributed by atoms with Gasteiger partial charge in [-0.15, -0.1) is 12.4 Å². The number of nitrogen functional groups attached to an aromatic ring is 1. The third-order valence-corrected chi connectivity index (χ3v) is 9.78. The van der Waals surface area contributed by atoms with Gasteiger partial charge < -0.3 is 48.4 Å². The first kappa shape index (κ1) is 47.7. The molecule has 0 radical (unpaired) electrons. The molecule has 0 atom stereocenters. The first-order chi connectivity index (χ1) is 28.8. The molecule has 0 amide bonds. The molecule has 0 bridgehead atoms. The van der Waals surface area contributed by atoms with Crippen LogP contribution in [0.25, 0.3) is 22.7 Å². The highest BCUT2D eigenvalue weighted by molar-refractivity contribution is 7.08. The summed E-state index contributed by atoms with van der Waals surface area (Å²) in [4.78, 5) is 36.2. The summed E-state index contributed by atoms with van der Waals surface area (Å²) in [7, 11) is 3.08. The van der Waals surface area contributed by atoms with Crippen molar-refractivity contribution >= 4 is 64.2 Å². The fraction of sp³-hybridized carbons (Fsp3) is 0.333. The van der Waals surface area contributed by atoms with Gasteiger partial charge >= 0.3 is 11.9 Å². The van der Waals surface area contributed by atoms with Crippen LogP contribution in [0, 0.1) is 0 Å². The van der Waals surface area contributed by atoms with Crippen molar-refractivity contribution in [3.05, 3.63) is 80.3 Å². The van der Waals surface area contributed by atoms with Crippen LogP contribution in [0.3, 0.4) is 0 Å². The molecule has 5 aromatic rings. The zero-order valence-corrected chi connectivity index (χ0v) is 37.3. The Morgan fingerprint density at radius 3 is 1.92 bits per heavy atom. The maximum Gasteiger partial charge on any atom is 0.379 e. The van der Waals surface area contributed by atoms with Crippen LogP contribution >= 0.6 is 35.1 Å². The lowest BCUT2D eigenvalue weighted by molar-refractivity contribution is -0.152. The van der Waals surface area contributed by atoms with Gasteiger partial charge in [-0.05, 0) is 76.6 Å². The van der Waals surface area contributed by atoms with Crippen LogP contribution in [0.15, 0.2) is 63.5 Å². The van der Waals surface area contributed by atoms with Crippen LogP contribution in [0.1, 0.15) is 63.2 Å². The molecule has 7 rings (SSSR count). The molecule has 16 nitrogen and oxygen atoms in total. The van der Waals surface area contributed by atoms with Crippen LogP contribution < -0.4 is 39.7 Å². The fourth-order valence-electron chi connectivity index (χ4n) is 5.86. The second kappa shape index (κ2) is 22.1. The summed E-state index contributed by atoms with van der Waals surface area (Å²) in [6.07, 6.45) is -0.143. The number of aliphatic hydroxyl groups is 1. The van der Waals surface area contributed by atoms with Crippen molar-refractivity contribution in [3.63, 3.8) is 0 Å². The van der Waals surface area contributed by atoms with Gasteiger partial charge in [-0.1, -0.05) is 0 Å². The number of nitrogens with zero attached hydrogens (tertiary/aromatic N) is 2. The topological polar surface area (TPSA) is 201 Å². The first-order valence-corrected chi connectivity index (χ1v) is 20.7. The number of nitrogens with one attached hydrogen (secondary N) is 1. The number of methoxy groups -OCH3 is 2. The molecular weight excluding hydrogens is 852 g/mol. The number of benzene rings is 2. The van der Waals surface area contributed by atoms with E-state index in [9.17, 15) is 19.5 Å². The minimum absolute atomic E-state index is 0. The van der Waals surface area contributed by atoms with E-state index in [0.29, 0.717) is 40.1 Å².